The molecule has 29 heavy (non-hydrogen) atoms. The van der Waals surface area contributed by atoms with Crippen LogP contribution in [0, 0.1) is 11.7 Å². The Balaban J connectivity index is 1.97. The predicted molar refractivity (Wildman–Crippen MR) is 121 cm³/mol. The lowest BCUT2D eigenvalue weighted by molar-refractivity contribution is 0.432. The van der Waals surface area contributed by atoms with E-state index < -0.39 is 5.56 Å². The van der Waals surface area contributed by atoms with Crippen molar-refractivity contribution >= 4 is 29.8 Å². The van der Waals surface area contributed by atoms with Crippen LogP contribution in [0.5, 0.6) is 5.88 Å². The number of rotatable bonds is 6. The van der Waals surface area contributed by atoms with Crippen LogP contribution in [0.25, 0.3) is 5.69 Å². The summed E-state index contributed by atoms with van der Waals surface area (Å²) in [5, 5.41) is 10.7. The fourth-order valence-corrected chi connectivity index (χ4v) is 3.35. The maximum Gasteiger partial charge on any atom is 0.264 e. The minimum Gasteiger partial charge on any atom is -0.494 e. The predicted octanol–water partition coefficient (Wildman–Crippen LogP) is 4.51. The van der Waals surface area contributed by atoms with Crippen molar-refractivity contribution in [1.29, 1.82) is 0 Å². The maximum absolute atomic E-state index is 12.3. The summed E-state index contributed by atoms with van der Waals surface area (Å²) in [4.78, 5) is 21.5. The van der Waals surface area contributed by atoms with Crippen molar-refractivity contribution in [3.05, 3.63) is 74.8 Å². The lowest BCUT2D eigenvalue weighted by Gasteiger charge is -2.20. The maximum atomic E-state index is 12.3. The molecule has 0 atom stereocenters. The minimum absolute atomic E-state index is 0.0481. The highest BCUT2D eigenvalue weighted by Gasteiger charge is 2.12. The number of aromatic hydroxyl groups is 1. The molecule has 0 saturated heterocycles. The molecule has 0 unspecified atom stereocenters. The van der Waals surface area contributed by atoms with E-state index in [1.807, 2.05) is 55.5 Å². The number of benzene rings is 2. The summed E-state index contributed by atoms with van der Waals surface area (Å²) in [6.07, 6.45) is 1.36. The van der Waals surface area contributed by atoms with Gasteiger partial charge < -0.3 is 10.0 Å². The molecule has 0 saturated carbocycles. The van der Waals surface area contributed by atoms with Gasteiger partial charge in [-0.05, 0) is 69.4 Å². The summed E-state index contributed by atoms with van der Waals surface area (Å²) in [7, 11) is 0. The first-order valence-corrected chi connectivity index (χ1v) is 9.89. The van der Waals surface area contributed by atoms with Crippen molar-refractivity contribution in [3.8, 4) is 11.6 Å². The van der Waals surface area contributed by atoms with E-state index >= 15 is 0 Å². The molecule has 7 heteroatoms. The molecule has 6 nitrogen and oxygen atoms in total. The molecular weight excluding hydrogens is 384 g/mol. The van der Waals surface area contributed by atoms with Crippen LogP contribution in [-0.2, 0) is 0 Å². The van der Waals surface area contributed by atoms with Crippen molar-refractivity contribution in [2.24, 2.45) is 4.99 Å². The first-order valence-electron chi connectivity index (χ1n) is 9.49. The van der Waals surface area contributed by atoms with Gasteiger partial charge in [-0.2, -0.15) is 0 Å². The largest absolute Gasteiger partial charge is 0.494 e. The van der Waals surface area contributed by atoms with Crippen molar-refractivity contribution < 1.29 is 5.11 Å². The third-order valence-electron chi connectivity index (χ3n) is 4.73. The second kappa shape index (κ2) is 8.87. The Morgan fingerprint density at radius 2 is 1.72 bits per heavy atom. The monoisotopic (exact) mass is 408 g/mol. The average Bonchev–Trinajstić information content (AvgIpc) is 2.71. The number of nitrogens with zero attached hydrogens (tertiary/aromatic N) is 3. The van der Waals surface area contributed by atoms with Gasteiger partial charge in [-0.25, -0.2) is 0 Å². The number of anilines is 1. The van der Waals surface area contributed by atoms with E-state index in [4.69, 9.17) is 12.2 Å². The summed E-state index contributed by atoms with van der Waals surface area (Å²) in [6.45, 7) is 8.04. The minimum atomic E-state index is -0.487. The zero-order valence-corrected chi connectivity index (χ0v) is 17.5. The summed E-state index contributed by atoms with van der Waals surface area (Å²) in [6, 6.07) is 15.2. The lowest BCUT2D eigenvalue weighted by atomic mass is 10.2. The summed E-state index contributed by atoms with van der Waals surface area (Å²) >= 11 is 5.24. The quantitative estimate of drug-likeness (QED) is 0.465. The summed E-state index contributed by atoms with van der Waals surface area (Å²) < 4.78 is 1.54. The second-order valence-corrected chi connectivity index (χ2v) is 7.00. The molecule has 150 valence electrons. The van der Waals surface area contributed by atoms with E-state index in [0.717, 1.165) is 24.3 Å². The zero-order valence-electron chi connectivity index (χ0n) is 16.7. The van der Waals surface area contributed by atoms with Gasteiger partial charge in [-0.15, -0.1) is 0 Å². The van der Waals surface area contributed by atoms with Crippen LogP contribution in [0.1, 0.15) is 25.0 Å². The van der Waals surface area contributed by atoms with Crippen LogP contribution in [0.3, 0.4) is 0 Å². The SMILES string of the molecule is CCN(CC)c1ccc(N=Cc2c(O)n(-c3ccc(C)cc3)c(=S)[nH]c2=O)cc1. The highest BCUT2D eigenvalue weighted by Crippen LogP contribution is 2.22. The molecule has 2 N–H and O–H groups in total. The van der Waals surface area contributed by atoms with Gasteiger partial charge in [0, 0.05) is 25.0 Å². The van der Waals surface area contributed by atoms with Crippen LogP contribution in [0.4, 0.5) is 11.4 Å². The molecule has 3 aromatic rings. The van der Waals surface area contributed by atoms with Gasteiger partial charge in [0.1, 0.15) is 5.56 Å². The standard InChI is InChI=1S/C22H24N4O2S/c1-4-25(5-2)17-12-8-16(9-13-17)23-14-19-20(27)24-22(29)26(21(19)28)18-10-6-15(3)7-11-18/h6-14,28H,4-5H2,1-3H3,(H,24,27,29). The van der Waals surface area contributed by atoms with E-state index in [9.17, 15) is 9.90 Å². The number of aliphatic imine (C=N–C) groups is 1. The van der Waals surface area contributed by atoms with Gasteiger partial charge in [0.15, 0.2) is 4.77 Å². The Bertz CT molecular complexity index is 1130. The Labute approximate surface area is 174 Å². The van der Waals surface area contributed by atoms with Crippen molar-refractivity contribution in [1.82, 2.24) is 9.55 Å². The average molecular weight is 409 g/mol. The zero-order chi connectivity index (χ0) is 21.0. The molecule has 0 amide bonds. The Morgan fingerprint density at radius 1 is 1.10 bits per heavy atom. The van der Waals surface area contributed by atoms with Crippen LogP contribution in [0.2, 0.25) is 0 Å². The Morgan fingerprint density at radius 3 is 2.31 bits per heavy atom. The summed E-state index contributed by atoms with van der Waals surface area (Å²) in [5.74, 6) is -0.244. The van der Waals surface area contributed by atoms with E-state index in [0.29, 0.717) is 11.4 Å². The van der Waals surface area contributed by atoms with Crippen molar-refractivity contribution in [3.63, 3.8) is 0 Å². The van der Waals surface area contributed by atoms with Gasteiger partial charge in [-0.3, -0.25) is 19.3 Å². The van der Waals surface area contributed by atoms with Crippen LogP contribution in [-0.4, -0.2) is 34.0 Å². The number of aromatic nitrogens is 2. The molecule has 2 aromatic carbocycles. The van der Waals surface area contributed by atoms with Gasteiger partial charge in [0.05, 0.1) is 11.4 Å². The van der Waals surface area contributed by atoms with Crippen LogP contribution >= 0.6 is 12.2 Å². The lowest BCUT2D eigenvalue weighted by Crippen LogP contribution is -2.21. The molecule has 3 rings (SSSR count). The highest BCUT2D eigenvalue weighted by atomic mass is 32.1. The fraction of sp³-hybridized carbons (Fsp3) is 0.227. The molecule has 0 spiro atoms. The van der Waals surface area contributed by atoms with Crippen molar-refractivity contribution in [2.45, 2.75) is 20.8 Å². The number of aromatic amines is 1. The summed E-state index contributed by atoms with van der Waals surface area (Å²) in [5.41, 5.74) is 3.10. The Kier molecular flexibility index (Phi) is 6.29. The molecular formula is C22H24N4O2S. The molecule has 0 aliphatic rings. The van der Waals surface area contributed by atoms with Gasteiger partial charge >= 0.3 is 0 Å². The molecule has 0 bridgehead atoms. The first-order chi connectivity index (χ1) is 13.9. The second-order valence-electron chi connectivity index (χ2n) is 6.61. The smallest absolute Gasteiger partial charge is 0.264 e. The van der Waals surface area contributed by atoms with Crippen molar-refractivity contribution in [2.75, 3.05) is 18.0 Å². The fourth-order valence-electron chi connectivity index (χ4n) is 3.07. The topological polar surface area (TPSA) is 73.6 Å². The van der Waals surface area contributed by atoms with Gasteiger partial charge in [0.25, 0.3) is 5.56 Å². The third kappa shape index (κ3) is 4.46. The van der Waals surface area contributed by atoms with E-state index in [-0.39, 0.29) is 16.2 Å². The highest BCUT2D eigenvalue weighted by molar-refractivity contribution is 7.71. The normalized spacial score (nSPS) is 11.1. The molecule has 1 aromatic heterocycles. The number of hydrogen-bond donors (Lipinski definition) is 2. The molecule has 1 heterocycles. The molecule has 0 aliphatic carbocycles. The first kappa shape index (κ1) is 20.5. The van der Waals surface area contributed by atoms with Crippen LogP contribution in [0.15, 0.2) is 58.3 Å². The van der Waals surface area contributed by atoms with Gasteiger partial charge in [0.2, 0.25) is 5.88 Å². The molecule has 0 fully saturated rings. The number of hydrogen-bond acceptors (Lipinski definition) is 5. The molecule has 0 aliphatic heterocycles. The number of nitrogens with one attached hydrogen (secondary N) is 1. The van der Waals surface area contributed by atoms with E-state index in [1.54, 1.807) is 0 Å². The Hall–Kier alpha value is -3.19. The van der Waals surface area contributed by atoms with E-state index in [1.165, 1.54) is 10.8 Å². The third-order valence-corrected chi connectivity index (χ3v) is 5.02. The number of H-pyrrole nitrogens is 1. The van der Waals surface area contributed by atoms with Crippen LogP contribution < -0.4 is 10.5 Å². The van der Waals surface area contributed by atoms with E-state index in [2.05, 4.69) is 28.7 Å². The van der Waals surface area contributed by atoms with Gasteiger partial charge in [-0.1, -0.05) is 17.7 Å². The number of aryl methyl sites for hydroxylation is 1. The molecule has 0 radical (unpaired) electrons.